The second-order valence-corrected chi connectivity index (χ2v) is 16.2. The number of nitrogens with one attached hydrogen (secondary N) is 1. The number of H-pyrrole nitrogens is 1. The highest BCUT2D eigenvalue weighted by atomic mass is 31.2. The number of hydrogen-bond donors (Lipinski definition) is 1. The van der Waals surface area contributed by atoms with E-state index < -0.39 is 38.1 Å². The number of nitrogens with zero attached hydrogens (tertiary/aromatic N) is 7. The van der Waals surface area contributed by atoms with Crippen molar-refractivity contribution in [3.63, 3.8) is 0 Å². The summed E-state index contributed by atoms with van der Waals surface area (Å²) in [5.41, 5.74) is 1.48. The molecule has 0 amide bonds. The van der Waals surface area contributed by atoms with Crippen LogP contribution in [0.15, 0.2) is 95.0 Å². The van der Waals surface area contributed by atoms with Gasteiger partial charge >= 0.3 is 0 Å². The standard InChI is InChI=1S/C43H53N8O7P/c1-29(2)51(30(3)4)59(55-24-12-23-44)56-26-37-36(25-38(57-37)50-28-45-39-40(50)47-42(48-41(39)52)46-27-49(5)6)58-43(31-13-10-9-11-14-31,32-15-19-34(53-7)20-16-32)33-17-21-35(54-8)22-18-33/h9-11,13-22,27-30,36-38H,12,24-26H2,1-8H3,(H,47,48,52). The van der Waals surface area contributed by atoms with Crippen molar-refractivity contribution in [3.8, 4) is 17.6 Å². The smallest absolute Gasteiger partial charge is 0.280 e. The minimum atomic E-state index is -1.61. The van der Waals surface area contributed by atoms with Gasteiger partial charge in [0.05, 0.1) is 58.7 Å². The van der Waals surface area contributed by atoms with Gasteiger partial charge in [-0.2, -0.15) is 10.2 Å². The molecule has 1 saturated heterocycles. The molecular formula is C43H53N8O7P. The zero-order valence-corrected chi connectivity index (χ0v) is 35.7. The molecule has 1 fully saturated rings. The summed E-state index contributed by atoms with van der Waals surface area (Å²) in [4.78, 5) is 31.1. The minimum Gasteiger partial charge on any atom is -0.497 e. The van der Waals surface area contributed by atoms with E-state index in [0.717, 1.165) is 16.7 Å². The van der Waals surface area contributed by atoms with E-state index in [1.165, 1.54) is 0 Å². The summed E-state index contributed by atoms with van der Waals surface area (Å²) in [6, 6.07) is 28.1. The molecule has 3 aromatic carbocycles. The Balaban J connectivity index is 1.48. The van der Waals surface area contributed by atoms with Crippen molar-refractivity contribution < 1.29 is 28.0 Å². The number of methoxy groups -OCH3 is 2. The number of aromatic amines is 1. The second-order valence-electron chi connectivity index (χ2n) is 14.8. The van der Waals surface area contributed by atoms with E-state index in [0.29, 0.717) is 23.6 Å². The molecule has 59 heavy (non-hydrogen) atoms. The SMILES string of the molecule is COc1ccc(C(OC2CC(n3cnc4c(=O)[nH]c(N=CN(C)C)nc43)OC2COP(OCCC#N)N(C(C)C)C(C)C)(c2ccccc2)c2ccc(OC)cc2)cc1. The first-order valence-corrected chi connectivity index (χ1v) is 20.7. The van der Waals surface area contributed by atoms with E-state index in [1.54, 1.807) is 36.4 Å². The Labute approximate surface area is 346 Å². The van der Waals surface area contributed by atoms with Gasteiger partial charge in [-0.3, -0.25) is 14.3 Å². The molecule has 4 unspecified atom stereocenters. The van der Waals surface area contributed by atoms with Gasteiger partial charge < -0.3 is 32.9 Å². The number of imidazole rings is 1. The van der Waals surface area contributed by atoms with Crippen molar-refractivity contribution in [1.29, 1.82) is 5.26 Å². The van der Waals surface area contributed by atoms with Gasteiger partial charge in [0.2, 0.25) is 5.95 Å². The van der Waals surface area contributed by atoms with E-state index in [9.17, 15) is 10.1 Å². The lowest BCUT2D eigenvalue weighted by atomic mass is 9.79. The summed E-state index contributed by atoms with van der Waals surface area (Å²) in [7, 11) is 5.32. The topological polar surface area (TPSA) is 162 Å². The summed E-state index contributed by atoms with van der Waals surface area (Å²) in [5, 5.41) is 9.33. The first-order chi connectivity index (χ1) is 28.5. The van der Waals surface area contributed by atoms with Gasteiger partial charge in [0.25, 0.3) is 14.1 Å². The predicted molar refractivity (Wildman–Crippen MR) is 227 cm³/mol. The monoisotopic (exact) mass is 824 g/mol. The fourth-order valence-corrected chi connectivity index (χ4v) is 8.83. The fourth-order valence-electron chi connectivity index (χ4n) is 7.21. The highest BCUT2D eigenvalue weighted by Crippen LogP contribution is 2.49. The maximum absolute atomic E-state index is 13.2. The van der Waals surface area contributed by atoms with Crippen LogP contribution in [0.5, 0.6) is 11.5 Å². The molecule has 4 atom stereocenters. The first-order valence-electron chi connectivity index (χ1n) is 19.6. The summed E-state index contributed by atoms with van der Waals surface area (Å²) in [6.45, 7) is 8.67. The summed E-state index contributed by atoms with van der Waals surface area (Å²) in [5.74, 6) is 1.54. The second kappa shape index (κ2) is 19.7. The van der Waals surface area contributed by atoms with Crippen molar-refractivity contribution in [2.24, 2.45) is 4.99 Å². The number of nitriles is 1. The molecule has 5 aromatic rings. The molecule has 0 aliphatic carbocycles. The van der Waals surface area contributed by atoms with E-state index in [2.05, 4.69) is 58.4 Å². The summed E-state index contributed by atoms with van der Waals surface area (Å²) >= 11 is 0. The first kappa shape index (κ1) is 43.4. The van der Waals surface area contributed by atoms with E-state index >= 15 is 0 Å². The van der Waals surface area contributed by atoms with Gasteiger partial charge in [-0.25, -0.2) is 14.6 Å². The molecular weight excluding hydrogens is 771 g/mol. The Morgan fingerprint density at radius 1 is 0.966 bits per heavy atom. The third kappa shape index (κ3) is 9.82. The lowest BCUT2D eigenvalue weighted by Gasteiger charge is -2.40. The van der Waals surface area contributed by atoms with Crippen LogP contribution in [0.4, 0.5) is 5.95 Å². The summed E-state index contributed by atoms with van der Waals surface area (Å²) in [6.07, 6.45) is 1.74. The molecule has 15 nitrogen and oxygen atoms in total. The van der Waals surface area contributed by atoms with Crippen molar-refractivity contribution in [1.82, 2.24) is 29.1 Å². The van der Waals surface area contributed by atoms with Crippen molar-refractivity contribution in [2.75, 3.05) is 41.5 Å². The average Bonchev–Trinajstić information content (AvgIpc) is 3.85. The molecule has 1 aliphatic heterocycles. The molecule has 1 N–H and O–H groups in total. The Bertz CT molecular complexity index is 2190. The van der Waals surface area contributed by atoms with Crippen LogP contribution < -0.4 is 15.0 Å². The molecule has 2 aromatic heterocycles. The Morgan fingerprint density at radius 2 is 1.58 bits per heavy atom. The predicted octanol–water partition coefficient (Wildman–Crippen LogP) is 7.32. The molecule has 16 heteroatoms. The molecule has 312 valence electrons. The fraction of sp³-hybridized carbons (Fsp3) is 0.419. The lowest BCUT2D eigenvalue weighted by Crippen LogP contribution is -2.41. The molecule has 3 heterocycles. The summed E-state index contributed by atoms with van der Waals surface area (Å²) < 4.78 is 42.6. The third-order valence-electron chi connectivity index (χ3n) is 9.83. The van der Waals surface area contributed by atoms with Crippen LogP contribution in [0.1, 0.15) is 63.5 Å². The maximum atomic E-state index is 13.2. The number of aliphatic imine (C=N–C) groups is 1. The number of fused-ring (bicyclic) bond motifs is 1. The quantitative estimate of drug-likeness (QED) is 0.0291. The number of ether oxygens (including phenoxy) is 4. The van der Waals surface area contributed by atoms with Crippen LogP contribution in [-0.4, -0.2) is 101 Å². The van der Waals surface area contributed by atoms with Crippen molar-refractivity contribution in [2.45, 2.75) is 76.7 Å². The third-order valence-corrected chi connectivity index (χ3v) is 11.9. The lowest BCUT2D eigenvalue weighted by molar-refractivity contribution is -0.0968. The minimum absolute atomic E-state index is 0.0878. The van der Waals surface area contributed by atoms with Gasteiger partial charge in [-0.1, -0.05) is 54.6 Å². The van der Waals surface area contributed by atoms with Crippen LogP contribution in [-0.2, 0) is 24.1 Å². The maximum Gasteiger partial charge on any atom is 0.280 e. The zero-order chi connectivity index (χ0) is 42.1. The van der Waals surface area contributed by atoms with Crippen molar-refractivity contribution >= 4 is 32.0 Å². The molecule has 6 rings (SSSR count). The number of benzene rings is 3. The van der Waals surface area contributed by atoms with Crippen molar-refractivity contribution in [3.05, 3.63) is 112 Å². The van der Waals surface area contributed by atoms with E-state index in [-0.39, 0.29) is 43.2 Å². The average molecular weight is 825 g/mol. The molecule has 0 saturated carbocycles. The van der Waals surface area contributed by atoms with Crippen LogP contribution in [0, 0.1) is 11.3 Å². The van der Waals surface area contributed by atoms with Crippen LogP contribution >= 0.6 is 8.53 Å². The van der Waals surface area contributed by atoms with Gasteiger partial charge in [-0.15, -0.1) is 0 Å². The number of aromatic nitrogens is 4. The molecule has 0 spiro atoms. The van der Waals surface area contributed by atoms with Gasteiger partial charge in [0.1, 0.15) is 29.4 Å². The Kier molecular flexibility index (Phi) is 14.5. The zero-order valence-electron chi connectivity index (χ0n) is 34.8. The molecule has 1 aliphatic rings. The van der Waals surface area contributed by atoms with Crippen LogP contribution in [0.25, 0.3) is 11.2 Å². The van der Waals surface area contributed by atoms with E-state index in [1.807, 2.05) is 93.0 Å². The molecule has 0 bridgehead atoms. The Hall–Kier alpha value is -5.20. The van der Waals surface area contributed by atoms with Gasteiger partial charge in [-0.05, 0) is 68.7 Å². The van der Waals surface area contributed by atoms with Crippen LogP contribution in [0.2, 0.25) is 0 Å². The highest BCUT2D eigenvalue weighted by molar-refractivity contribution is 7.44. The van der Waals surface area contributed by atoms with Crippen LogP contribution in [0.3, 0.4) is 0 Å². The highest BCUT2D eigenvalue weighted by Gasteiger charge is 2.47. The van der Waals surface area contributed by atoms with Gasteiger partial charge in [0, 0.05) is 32.6 Å². The number of rotatable bonds is 19. The normalized spacial score (nSPS) is 17.6. The van der Waals surface area contributed by atoms with E-state index in [4.69, 9.17) is 28.0 Å². The Morgan fingerprint density at radius 3 is 2.14 bits per heavy atom. The van der Waals surface area contributed by atoms with Gasteiger partial charge in [0.15, 0.2) is 11.2 Å². The number of hydrogen-bond acceptors (Lipinski definition) is 12. The largest absolute Gasteiger partial charge is 0.497 e. The molecule has 0 radical (unpaired) electrons.